The second-order valence-electron chi connectivity index (χ2n) is 6.41. The van der Waals surface area contributed by atoms with Gasteiger partial charge in [-0.25, -0.2) is 12.7 Å². The smallest absolute Gasteiger partial charge is 0.394 e. The lowest BCUT2D eigenvalue weighted by Gasteiger charge is -2.32. The fraction of sp³-hybridized carbons (Fsp3) is 0.857. The van der Waals surface area contributed by atoms with Crippen LogP contribution in [0.3, 0.4) is 0 Å². The van der Waals surface area contributed by atoms with E-state index in [0.29, 0.717) is 0 Å². The van der Waals surface area contributed by atoms with Gasteiger partial charge in [-0.15, -0.1) is 0 Å². The Morgan fingerprint density at radius 1 is 1.16 bits per heavy atom. The standard InChI is InChI=1S/C14H21F3N2O5S/c1-2-25(23,24)19-5-3-9(4-6-19)12(20)18-7-10(13(21)22)11(8-18)14(15,16)17/h9-11H,2-8H2,1H3,(H,21,22)/t10-,11-/m1/s1. The molecule has 0 aromatic heterocycles. The Morgan fingerprint density at radius 3 is 2.12 bits per heavy atom. The first kappa shape index (κ1) is 20.0. The molecule has 2 aliphatic rings. The van der Waals surface area contributed by atoms with Gasteiger partial charge in [-0.05, 0) is 19.8 Å². The Kier molecular flexibility index (Phi) is 5.67. The van der Waals surface area contributed by atoms with Crippen LogP contribution in [0.4, 0.5) is 13.2 Å². The van der Waals surface area contributed by atoms with Gasteiger partial charge in [0.05, 0.1) is 17.6 Å². The molecule has 0 aromatic rings. The van der Waals surface area contributed by atoms with E-state index in [2.05, 4.69) is 0 Å². The predicted octanol–water partition coefficient (Wildman–Crippen LogP) is 0.770. The van der Waals surface area contributed by atoms with Crippen LogP contribution in [-0.4, -0.2) is 72.7 Å². The van der Waals surface area contributed by atoms with E-state index >= 15 is 0 Å². The second kappa shape index (κ2) is 7.10. The summed E-state index contributed by atoms with van der Waals surface area (Å²) in [6.45, 7) is 0.676. The molecule has 1 N–H and O–H groups in total. The van der Waals surface area contributed by atoms with Crippen molar-refractivity contribution in [1.82, 2.24) is 9.21 Å². The van der Waals surface area contributed by atoms with Crippen molar-refractivity contribution in [3.63, 3.8) is 0 Å². The number of carboxylic acids is 1. The number of carbonyl (C=O) groups is 2. The highest BCUT2D eigenvalue weighted by atomic mass is 32.2. The molecule has 2 aliphatic heterocycles. The third-order valence-corrected chi connectivity index (χ3v) is 6.81. The lowest BCUT2D eigenvalue weighted by Crippen LogP contribution is -2.44. The Labute approximate surface area is 143 Å². The summed E-state index contributed by atoms with van der Waals surface area (Å²) in [6.07, 6.45) is -4.23. The molecule has 25 heavy (non-hydrogen) atoms. The summed E-state index contributed by atoms with van der Waals surface area (Å²) >= 11 is 0. The van der Waals surface area contributed by atoms with Crippen molar-refractivity contribution in [2.45, 2.75) is 25.9 Å². The molecule has 2 atom stereocenters. The van der Waals surface area contributed by atoms with Gasteiger partial charge in [0.15, 0.2) is 0 Å². The van der Waals surface area contributed by atoms with Gasteiger partial charge >= 0.3 is 12.1 Å². The number of aliphatic carboxylic acids is 1. The molecular formula is C14H21F3N2O5S. The number of alkyl halides is 3. The number of amides is 1. The maximum Gasteiger partial charge on any atom is 0.394 e. The summed E-state index contributed by atoms with van der Waals surface area (Å²) in [5.41, 5.74) is 0. The van der Waals surface area contributed by atoms with Crippen molar-refractivity contribution in [2.24, 2.45) is 17.8 Å². The van der Waals surface area contributed by atoms with Crippen LogP contribution in [0.5, 0.6) is 0 Å². The Balaban J connectivity index is 2.02. The first-order valence-electron chi connectivity index (χ1n) is 8.03. The highest BCUT2D eigenvalue weighted by molar-refractivity contribution is 7.89. The van der Waals surface area contributed by atoms with Gasteiger partial charge in [-0.3, -0.25) is 9.59 Å². The van der Waals surface area contributed by atoms with Gasteiger partial charge in [0.25, 0.3) is 0 Å². The molecule has 2 fully saturated rings. The van der Waals surface area contributed by atoms with Crippen molar-refractivity contribution >= 4 is 21.9 Å². The quantitative estimate of drug-likeness (QED) is 0.770. The van der Waals surface area contributed by atoms with Crippen molar-refractivity contribution in [3.05, 3.63) is 0 Å². The van der Waals surface area contributed by atoms with Crippen LogP contribution in [-0.2, 0) is 19.6 Å². The summed E-state index contributed by atoms with van der Waals surface area (Å²) < 4.78 is 63.9. The number of carboxylic acid groups (broad SMARTS) is 1. The van der Waals surface area contributed by atoms with Gasteiger partial charge in [-0.1, -0.05) is 0 Å². The maximum absolute atomic E-state index is 13.0. The van der Waals surface area contributed by atoms with Gasteiger partial charge in [0.1, 0.15) is 0 Å². The van der Waals surface area contributed by atoms with Crippen molar-refractivity contribution in [2.75, 3.05) is 31.9 Å². The largest absolute Gasteiger partial charge is 0.481 e. The number of hydrogen-bond acceptors (Lipinski definition) is 4. The molecule has 0 spiro atoms. The fourth-order valence-corrected chi connectivity index (χ4v) is 4.52. The minimum Gasteiger partial charge on any atom is -0.481 e. The van der Waals surface area contributed by atoms with Gasteiger partial charge in [0, 0.05) is 32.1 Å². The zero-order valence-electron chi connectivity index (χ0n) is 13.7. The number of nitrogens with zero attached hydrogens (tertiary/aromatic N) is 2. The summed E-state index contributed by atoms with van der Waals surface area (Å²) in [4.78, 5) is 24.5. The SMILES string of the molecule is CCS(=O)(=O)N1CCC(C(=O)N2C[C@@H](C(F)(F)F)[C@H](C(=O)O)C2)CC1. The Morgan fingerprint density at radius 2 is 1.72 bits per heavy atom. The van der Waals surface area contributed by atoms with Crippen LogP contribution in [0.15, 0.2) is 0 Å². The van der Waals surface area contributed by atoms with Crippen molar-refractivity contribution in [3.8, 4) is 0 Å². The number of halogens is 3. The summed E-state index contributed by atoms with van der Waals surface area (Å²) in [6, 6.07) is 0. The van der Waals surface area contributed by atoms with Crippen LogP contribution in [0, 0.1) is 17.8 Å². The molecule has 0 aliphatic carbocycles. The zero-order valence-corrected chi connectivity index (χ0v) is 14.5. The summed E-state index contributed by atoms with van der Waals surface area (Å²) in [5.74, 6) is -6.46. The van der Waals surface area contributed by atoms with Crippen LogP contribution in [0.1, 0.15) is 19.8 Å². The molecule has 2 heterocycles. The fourth-order valence-electron chi connectivity index (χ4n) is 3.39. The first-order valence-corrected chi connectivity index (χ1v) is 9.64. The van der Waals surface area contributed by atoms with Crippen LogP contribution in [0.25, 0.3) is 0 Å². The topological polar surface area (TPSA) is 95.0 Å². The van der Waals surface area contributed by atoms with E-state index in [4.69, 9.17) is 5.11 Å². The van der Waals surface area contributed by atoms with Crippen LogP contribution in [0.2, 0.25) is 0 Å². The molecule has 0 unspecified atom stereocenters. The number of rotatable bonds is 4. The van der Waals surface area contributed by atoms with E-state index in [1.165, 1.54) is 11.2 Å². The zero-order chi connectivity index (χ0) is 19.0. The van der Waals surface area contributed by atoms with Crippen LogP contribution >= 0.6 is 0 Å². The van der Waals surface area contributed by atoms with E-state index in [0.717, 1.165) is 4.90 Å². The van der Waals surface area contributed by atoms with Gasteiger partial charge in [0.2, 0.25) is 15.9 Å². The van der Waals surface area contributed by atoms with E-state index < -0.39 is 58.9 Å². The van der Waals surface area contributed by atoms with E-state index in [-0.39, 0.29) is 31.7 Å². The average Bonchev–Trinajstić information content (AvgIpc) is 3.00. The molecule has 2 saturated heterocycles. The van der Waals surface area contributed by atoms with Crippen LogP contribution < -0.4 is 0 Å². The summed E-state index contributed by atoms with van der Waals surface area (Å²) in [7, 11) is -3.36. The Hall–Kier alpha value is -1.36. The molecule has 0 bridgehead atoms. The highest BCUT2D eigenvalue weighted by Gasteiger charge is 2.54. The van der Waals surface area contributed by atoms with E-state index in [1.54, 1.807) is 0 Å². The molecule has 0 saturated carbocycles. The molecule has 144 valence electrons. The normalized spacial score (nSPS) is 26.8. The molecule has 11 heteroatoms. The summed E-state index contributed by atoms with van der Waals surface area (Å²) in [5, 5.41) is 9.00. The van der Waals surface area contributed by atoms with E-state index in [9.17, 15) is 31.2 Å². The van der Waals surface area contributed by atoms with Gasteiger partial charge in [-0.2, -0.15) is 13.2 Å². The van der Waals surface area contributed by atoms with E-state index in [1.807, 2.05) is 0 Å². The monoisotopic (exact) mass is 386 g/mol. The maximum atomic E-state index is 13.0. The number of sulfonamides is 1. The highest BCUT2D eigenvalue weighted by Crippen LogP contribution is 2.38. The molecule has 1 amide bonds. The number of likely N-dealkylation sites (tertiary alicyclic amines) is 1. The molecule has 0 radical (unpaired) electrons. The lowest BCUT2D eigenvalue weighted by atomic mass is 9.96. The van der Waals surface area contributed by atoms with Crippen molar-refractivity contribution < 1.29 is 36.3 Å². The Bertz CT molecular complexity index is 629. The van der Waals surface area contributed by atoms with Gasteiger partial charge < -0.3 is 10.0 Å². The number of hydrogen-bond donors (Lipinski definition) is 1. The molecular weight excluding hydrogens is 365 g/mol. The minimum absolute atomic E-state index is 0.0503. The number of piperidine rings is 1. The minimum atomic E-state index is -4.68. The predicted molar refractivity (Wildman–Crippen MR) is 81.0 cm³/mol. The number of carbonyl (C=O) groups excluding carboxylic acids is 1. The average molecular weight is 386 g/mol. The molecule has 0 aromatic carbocycles. The van der Waals surface area contributed by atoms with Crippen molar-refractivity contribution in [1.29, 1.82) is 0 Å². The molecule has 2 rings (SSSR count). The first-order chi connectivity index (χ1) is 11.5. The third-order valence-electron chi connectivity index (χ3n) is 4.93. The third kappa shape index (κ3) is 4.25. The second-order valence-corrected chi connectivity index (χ2v) is 8.67. The lowest BCUT2D eigenvalue weighted by molar-refractivity contribution is -0.188. The molecule has 7 nitrogen and oxygen atoms in total.